The SMILES string of the molecule is O=C(N1CC[C@H](O)C1)n1c(=O)[nH]c(=O)c2ncn(C3CCN(Cc4ccoc4)CC3)c21. The molecule has 0 spiro atoms. The molecule has 1 amide bonds. The number of aromatic nitrogens is 4. The summed E-state index contributed by atoms with van der Waals surface area (Å²) in [6.45, 7) is 2.97. The molecule has 0 saturated carbocycles. The molecular weight excluding hydrogens is 404 g/mol. The largest absolute Gasteiger partial charge is 0.472 e. The molecule has 164 valence electrons. The van der Waals surface area contributed by atoms with Crippen LogP contribution in [0, 0.1) is 0 Å². The second-order valence-corrected chi connectivity index (χ2v) is 8.23. The molecule has 1 atom stereocenters. The van der Waals surface area contributed by atoms with Gasteiger partial charge in [0.1, 0.15) is 0 Å². The number of imidazole rings is 1. The third-order valence-corrected chi connectivity index (χ3v) is 6.18. The van der Waals surface area contributed by atoms with Crippen LogP contribution in [0.25, 0.3) is 11.2 Å². The second kappa shape index (κ2) is 7.82. The van der Waals surface area contributed by atoms with E-state index >= 15 is 0 Å². The number of aliphatic hydroxyl groups excluding tert-OH is 1. The fraction of sp³-hybridized carbons (Fsp3) is 0.500. The molecule has 0 aromatic carbocycles. The number of fused-ring (bicyclic) bond motifs is 1. The summed E-state index contributed by atoms with van der Waals surface area (Å²) in [6.07, 6.45) is 6.37. The van der Waals surface area contributed by atoms with Crippen molar-refractivity contribution in [3.05, 3.63) is 51.3 Å². The van der Waals surface area contributed by atoms with Crippen molar-refractivity contribution in [3.63, 3.8) is 0 Å². The lowest BCUT2D eigenvalue weighted by Gasteiger charge is -2.32. The summed E-state index contributed by atoms with van der Waals surface area (Å²) < 4.78 is 7.90. The molecule has 3 aromatic rings. The van der Waals surface area contributed by atoms with Crippen LogP contribution in [0.4, 0.5) is 4.79 Å². The Morgan fingerprint density at radius 3 is 2.71 bits per heavy atom. The van der Waals surface area contributed by atoms with Gasteiger partial charge in [0, 0.05) is 44.3 Å². The number of aromatic amines is 1. The van der Waals surface area contributed by atoms with Crippen LogP contribution in [0.2, 0.25) is 0 Å². The number of nitrogens with one attached hydrogen (secondary N) is 1. The summed E-state index contributed by atoms with van der Waals surface area (Å²) in [5.74, 6) is 0. The van der Waals surface area contributed by atoms with Gasteiger partial charge in [-0.3, -0.25) is 14.7 Å². The van der Waals surface area contributed by atoms with E-state index in [0.717, 1.165) is 42.6 Å². The minimum absolute atomic E-state index is 0.00928. The Kier molecular flexibility index (Phi) is 4.98. The van der Waals surface area contributed by atoms with Crippen LogP contribution >= 0.6 is 0 Å². The number of β-amino-alcohol motifs (C(OH)–C–C–N with tert-alkyl or cyclic N) is 1. The highest BCUT2D eigenvalue weighted by atomic mass is 16.3. The highest BCUT2D eigenvalue weighted by molar-refractivity contribution is 5.86. The fourth-order valence-corrected chi connectivity index (χ4v) is 4.54. The highest BCUT2D eigenvalue weighted by Gasteiger charge is 2.30. The average Bonchev–Trinajstić information content (AvgIpc) is 3.50. The molecule has 11 heteroatoms. The van der Waals surface area contributed by atoms with E-state index in [-0.39, 0.29) is 23.8 Å². The first kappa shape index (κ1) is 19.8. The summed E-state index contributed by atoms with van der Waals surface area (Å²) >= 11 is 0. The number of amides is 1. The molecule has 5 heterocycles. The van der Waals surface area contributed by atoms with Gasteiger partial charge in [-0.25, -0.2) is 14.6 Å². The Balaban J connectivity index is 1.45. The van der Waals surface area contributed by atoms with Crippen molar-refractivity contribution >= 4 is 17.2 Å². The van der Waals surface area contributed by atoms with Crippen molar-refractivity contribution in [2.45, 2.75) is 38.0 Å². The molecule has 0 aliphatic carbocycles. The predicted molar refractivity (Wildman–Crippen MR) is 110 cm³/mol. The van der Waals surface area contributed by atoms with Crippen LogP contribution in [0.1, 0.15) is 30.9 Å². The molecule has 2 saturated heterocycles. The first-order chi connectivity index (χ1) is 15.0. The van der Waals surface area contributed by atoms with E-state index in [9.17, 15) is 19.5 Å². The number of rotatable bonds is 3. The van der Waals surface area contributed by atoms with E-state index in [0.29, 0.717) is 13.0 Å². The molecular formula is C20H24N6O5. The molecule has 0 radical (unpaired) electrons. The number of likely N-dealkylation sites (tertiary alicyclic amines) is 2. The number of furan rings is 1. The standard InChI is InChI=1S/C20H24N6O5/c27-15-3-7-24(10-15)20(30)26-18-16(17(28)22-19(26)29)21-12-25(18)14-1-5-23(6-2-14)9-13-4-8-31-11-13/h4,8,11-12,14-15,27H,1-3,5-7,9-10H2,(H,22,28,29)/t15-/m0/s1. The first-order valence-electron chi connectivity index (χ1n) is 10.4. The monoisotopic (exact) mass is 428 g/mol. The van der Waals surface area contributed by atoms with Gasteiger partial charge in [-0.15, -0.1) is 0 Å². The molecule has 0 bridgehead atoms. The van der Waals surface area contributed by atoms with E-state index < -0.39 is 23.4 Å². The van der Waals surface area contributed by atoms with Crippen LogP contribution in [0.15, 0.2) is 38.9 Å². The van der Waals surface area contributed by atoms with Gasteiger partial charge in [-0.2, -0.15) is 4.57 Å². The molecule has 3 aromatic heterocycles. The van der Waals surface area contributed by atoms with Gasteiger partial charge in [0.25, 0.3) is 5.56 Å². The number of H-pyrrole nitrogens is 1. The minimum atomic E-state index is -0.789. The zero-order valence-corrected chi connectivity index (χ0v) is 16.9. The maximum atomic E-state index is 13.1. The average molecular weight is 428 g/mol. The van der Waals surface area contributed by atoms with Crippen LogP contribution < -0.4 is 11.2 Å². The quantitative estimate of drug-likeness (QED) is 0.616. The van der Waals surface area contributed by atoms with Gasteiger partial charge < -0.3 is 19.0 Å². The van der Waals surface area contributed by atoms with E-state index in [2.05, 4.69) is 14.9 Å². The first-order valence-corrected chi connectivity index (χ1v) is 10.4. The Morgan fingerprint density at radius 1 is 1.23 bits per heavy atom. The predicted octanol–water partition coefficient (Wildman–Crippen LogP) is 0.351. The number of aliphatic hydroxyl groups is 1. The highest BCUT2D eigenvalue weighted by Crippen LogP contribution is 2.26. The second-order valence-electron chi connectivity index (χ2n) is 8.23. The number of carbonyl (C=O) groups excluding carboxylic acids is 1. The van der Waals surface area contributed by atoms with Crippen LogP contribution in [-0.4, -0.2) is 72.3 Å². The van der Waals surface area contributed by atoms with Gasteiger partial charge in [0.2, 0.25) is 0 Å². The topological polar surface area (TPSA) is 130 Å². The van der Waals surface area contributed by atoms with Crippen molar-refractivity contribution in [3.8, 4) is 0 Å². The molecule has 11 nitrogen and oxygen atoms in total. The van der Waals surface area contributed by atoms with Gasteiger partial charge in [-0.1, -0.05) is 0 Å². The third kappa shape index (κ3) is 3.59. The van der Waals surface area contributed by atoms with E-state index in [1.807, 2.05) is 6.07 Å². The summed E-state index contributed by atoms with van der Waals surface area (Å²) in [6, 6.07) is 1.40. The lowest BCUT2D eigenvalue weighted by molar-refractivity contribution is 0.171. The van der Waals surface area contributed by atoms with Crippen molar-refractivity contribution in [2.75, 3.05) is 26.2 Å². The van der Waals surface area contributed by atoms with Crippen molar-refractivity contribution in [1.29, 1.82) is 0 Å². The summed E-state index contributed by atoms with van der Waals surface area (Å²) in [5.41, 5.74) is -0.00284. The maximum Gasteiger partial charge on any atom is 0.338 e. The van der Waals surface area contributed by atoms with Crippen LogP contribution in [0.5, 0.6) is 0 Å². The van der Waals surface area contributed by atoms with Crippen molar-refractivity contribution in [1.82, 2.24) is 28.9 Å². The van der Waals surface area contributed by atoms with Crippen LogP contribution in [-0.2, 0) is 6.54 Å². The Labute approximate surface area is 176 Å². The maximum absolute atomic E-state index is 13.1. The molecule has 2 aliphatic rings. The lowest BCUT2D eigenvalue weighted by atomic mass is 10.0. The summed E-state index contributed by atoms with van der Waals surface area (Å²) in [4.78, 5) is 48.2. The Morgan fingerprint density at radius 2 is 2.03 bits per heavy atom. The Bertz CT molecular complexity index is 1200. The zero-order valence-electron chi connectivity index (χ0n) is 16.9. The number of piperidine rings is 1. The normalized spacial score (nSPS) is 20.7. The minimum Gasteiger partial charge on any atom is -0.472 e. The number of carbonyl (C=O) groups is 1. The number of nitrogens with zero attached hydrogens (tertiary/aromatic N) is 5. The van der Waals surface area contributed by atoms with Gasteiger partial charge >= 0.3 is 11.7 Å². The van der Waals surface area contributed by atoms with E-state index in [1.165, 1.54) is 4.90 Å². The van der Waals surface area contributed by atoms with Crippen molar-refractivity contribution in [2.24, 2.45) is 0 Å². The van der Waals surface area contributed by atoms with E-state index in [1.54, 1.807) is 23.4 Å². The van der Waals surface area contributed by atoms with Gasteiger partial charge in [-0.05, 0) is 25.3 Å². The summed E-state index contributed by atoms with van der Waals surface area (Å²) in [7, 11) is 0. The molecule has 5 rings (SSSR count). The van der Waals surface area contributed by atoms with Crippen LogP contribution in [0.3, 0.4) is 0 Å². The molecule has 31 heavy (non-hydrogen) atoms. The van der Waals surface area contributed by atoms with Gasteiger partial charge in [0.15, 0.2) is 11.2 Å². The van der Waals surface area contributed by atoms with E-state index in [4.69, 9.17) is 4.42 Å². The van der Waals surface area contributed by atoms with Crippen molar-refractivity contribution < 1.29 is 14.3 Å². The number of hydrogen-bond acceptors (Lipinski definition) is 7. The fourth-order valence-electron chi connectivity index (χ4n) is 4.54. The molecule has 2 N–H and O–H groups in total. The third-order valence-electron chi connectivity index (χ3n) is 6.18. The molecule has 2 aliphatic heterocycles. The lowest BCUT2D eigenvalue weighted by Crippen LogP contribution is -2.43. The molecule has 2 fully saturated rings. The smallest absolute Gasteiger partial charge is 0.338 e. The zero-order chi connectivity index (χ0) is 21.5. The molecule has 0 unspecified atom stereocenters. The summed E-state index contributed by atoms with van der Waals surface area (Å²) in [5, 5.41) is 9.79. The number of hydrogen-bond donors (Lipinski definition) is 2. The Hall–Kier alpha value is -3.18. The van der Waals surface area contributed by atoms with Gasteiger partial charge in [0.05, 0.1) is 25.0 Å².